The first-order valence-corrected chi connectivity index (χ1v) is 6.40. The van der Waals surface area contributed by atoms with Crippen LogP contribution in [0.4, 0.5) is 13.2 Å². The van der Waals surface area contributed by atoms with E-state index in [-0.39, 0.29) is 11.8 Å². The maximum absolute atomic E-state index is 12.8. The summed E-state index contributed by atoms with van der Waals surface area (Å²) in [5.74, 6) is 0.191. The van der Waals surface area contributed by atoms with Gasteiger partial charge in [-0.25, -0.2) is 0 Å². The van der Waals surface area contributed by atoms with Crippen LogP contribution in [0.5, 0.6) is 5.75 Å². The predicted molar refractivity (Wildman–Crippen MR) is 69.1 cm³/mol. The third-order valence-corrected chi connectivity index (χ3v) is 3.04. The highest BCUT2D eigenvalue weighted by Gasteiger charge is 2.31. The van der Waals surface area contributed by atoms with Gasteiger partial charge in [-0.05, 0) is 30.2 Å². The first kappa shape index (κ1) is 15.8. The van der Waals surface area contributed by atoms with Crippen LogP contribution in [0.25, 0.3) is 0 Å². The standard InChI is InChI=1S/C14H20F3NO/c1-3-4-5-6-13(18)10-7-11(14(15,16)17)9-12(8-10)19-2/h7-9,13H,3-6,18H2,1-2H3/t13-/m0/s1. The Hall–Kier alpha value is -1.23. The fraction of sp³-hybridized carbons (Fsp3) is 0.571. The van der Waals surface area contributed by atoms with E-state index >= 15 is 0 Å². The molecular weight excluding hydrogens is 255 g/mol. The average molecular weight is 275 g/mol. The van der Waals surface area contributed by atoms with Gasteiger partial charge in [0.15, 0.2) is 0 Å². The molecule has 19 heavy (non-hydrogen) atoms. The molecular formula is C14H20F3NO. The van der Waals surface area contributed by atoms with Crippen LogP contribution in [-0.2, 0) is 6.18 Å². The third-order valence-electron chi connectivity index (χ3n) is 3.04. The molecule has 0 aliphatic carbocycles. The molecule has 1 rings (SSSR count). The Kier molecular flexibility index (Phi) is 5.66. The fourth-order valence-corrected chi connectivity index (χ4v) is 1.90. The number of hydrogen-bond acceptors (Lipinski definition) is 2. The van der Waals surface area contributed by atoms with Crippen molar-refractivity contribution in [1.82, 2.24) is 0 Å². The van der Waals surface area contributed by atoms with Crippen molar-refractivity contribution in [2.24, 2.45) is 5.73 Å². The lowest BCUT2D eigenvalue weighted by atomic mass is 9.99. The van der Waals surface area contributed by atoms with E-state index in [1.165, 1.54) is 7.11 Å². The van der Waals surface area contributed by atoms with Crippen molar-refractivity contribution >= 4 is 0 Å². The summed E-state index contributed by atoms with van der Waals surface area (Å²) < 4.78 is 43.2. The molecule has 0 saturated heterocycles. The second-order valence-electron chi connectivity index (χ2n) is 4.59. The lowest BCUT2D eigenvalue weighted by Gasteiger charge is -2.16. The molecule has 0 radical (unpaired) electrons. The zero-order valence-corrected chi connectivity index (χ0v) is 11.3. The van der Waals surface area contributed by atoms with Crippen molar-refractivity contribution in [3.63, 3.8) is 0 Å². The second kappa shape index (κ2) is 6.80. The highest BCUT2D eigenvalue weighted by atomic mass is 19.4. The Morgan fingerprint density at radius 1 is 1.21 bits per heavy atom. The minimum atomic E-state index is -4.38. The molecule has 2 N–H and O–H groups in total. The Balaban J connectivity index is 2.93. The quantitative estimate of drug-likeness (QED) is 0.786. The maximum Gasteiger partial charge on any atom is 0.416 e. The van der Waals surface area contributed by atoms with E-state index < -0.39 is 11.7 Å². The van der Waals surface area contributed by atoms with Crippen LogP contribution in [0.15, 0.2) is 18.2 Å². The van der Waals surface area contributed by atoms with Crippen molar-refractivity contribution in [2.45, 2.75) is 44.8 Å². The zero-order chi connectivity index (χ0) is 14.5. The first-order chi connectivity index (χ1) is 8.88. The van der Waals surface area contributed by atoms with E-state index in [0.29, 0.717) is 12.0 Å². The summed E-state index contributed by atoms with van der Waals surface area (Å²) in [6.45, 7) is 2.07. The third kappa shape index (κ3) is 4.74. The highest BCUT2D eigenvalue weighted by molar-refractivity contribution is 5.37. The largest absolute Gasteiger partial charge is 0.497 e. The average Bonchev–Trinajstić information content (AvgIpc) is 2.37. The minimum absolute atomic E-state index is 0.191. The van der Waals surface area contributed by atoms with Gasteiger partial charge in [-0.15, -0.1) is 0 Å². The van der Waals surface area contributed by atoms with Gasteiger partial charge in [-0.3, -0.25) is 0 Å². The summed E-state index contributed by atoms with van der Waals surface area (Å²) >= 11 is 0. The molecule has 108 valence electrons. The molecule has 1 atom stereocenters. The van der Waals surface area contributed by atoms with Crippen LogP contribution < -0.4 is 10.5 Å². The topological polar surface area (TPSA) is 35.2 Å². The molecule has 0 aromatic heterocycles. The van der Waals surface area contributed by atoms with Gasteiger partial charge < -0.3 is 10.5 Å². The van der Waals surface area contributed by atoms with Crippen molar-refractivity contribution in [3.8, 4) is 5.75 Å². The number of alkyl halides is 3. The molecule has 0 spiro atoms. The maximum atomic E-state index is 12.8. The Bertz CT molecular complexity index is 404. The summed E-state index contributed by atoms with van der Waals surface area (Å²) in [5.41, 5.74) is 5.71. The van der Waals surface area contributed by atoms with Crippen LogP contribution in [0.3, 0.4) is 0 Å². The fourth-order valence-electron chi connectivity index (χ4n) is 1.90. The van der Waals surface area contributed by atoms with Crippen LogP contribution in [-0.4, -0.2) is 7.11 Å². The number of unbranched alkanes of at least 4 members (excludes halogenated alkanes) is 2. The van der Waals surface area contributed by atoms with Gasteiger partial charge in [0.1, 0.15) is 5.75 Å². The van der Waals surface area contributed by atoms with Gasteiger partial charge in [-0.2, -0.15) is 13.2 Å². The number of rotatable bonds is 6. The van der Waals surface area contributed by atoms with E-state index in [2.05, 4.69) is 6.92 Å². The van der Waals surface area contributed by atoms with E-state index in [9.17, 15) is 13.2 Å². The molecule has 0 bridgehead atoms. The number of halogens is 3. The Morgan fingerprint density at radius 2 is 1.89 bits per heavy atom. The summed E-state index contributed by atoms with van der Waals surface area (Å²) in [5, 5.41) is 0. The molecule has 0 amide bonds. The second-order valence-corrected chi connectivity index (χ2v) is 4.59. The molecule has 0 aliphatic rings. The van der Waals surface area contributed by atoms with E-state index in [1.807, 2.05) is 0 Å². The normalized spacial score (nSPS) is 13.4. The molecule has 0 aliphatic heterocycles. The van der Waals surface area contributed by atoms with Crippen molar-refractivity contribution < 1.29 is 17.9 Å². The molecule has 0 heterocycles. The van der Waals surface area contributed by atoms with Gasteiger partial charge in [0.25, 0.3) is 0 Å². The molecule has 0 unspecified atom stereocenters. The van der Waals surface area contributed by atoms with Gasteiger partial charge >= 0.3 is 6.18 Å². The van der Waals surface area contributed by atoms with Gasteiger partial charge in [0.2, 0.25) is 0 Å². The number of hydrogen-bond donors (Lipinski definition) is 1. The lowest BCUT2D eigenvalue weighted by molar-refractivity contribution is -0.137. The van der Waals surface area contributed by atoms with E-state index in [4.69, 9.17) is 10.5 Å². The highest BCUT2D eigenvalue weighted by Crippen LogP contribution is 2.34. The number of benzene rings is 1. The molecule has 0 saturated carbocycles. The van der Waals surface area contributed by atoms with E-state index in [1.54, 1.807) is 6.07 Å². The van der Waals surface area contributed by atoms with Crippen LogP contribution in [0.2, 0.25) is 0 Å². The number of nitrogens with two attached hydrogens (primary N) is 1. The van der Waals surface area contributed by atoms with Crippen molar-refractivity contribution in [2.75, 3.05) is 7.11 Å². The van der Waals surface area contributed by atoms with Crippen LogP contribution in [0, 0.1) is 0 Å². The first-order valence-electron chi connectivity index (χ1n) is 6.40. The Labute approximate surface area is 111 Å². The Morgan fingerprint density at radius 3 is 2.42 bits per heavy atom. The summed E-state index contributed by atoms with van der Waals surface area (Å²) in [6, 6.07) is 3.29. The summed E-state index contributed by atoms with van der Waals surface area (Å²) in [7, 11) is 1.35. The zero-order valence-electron chi connectivity index (χ0n) is 11.3. The number of methoxy groups -OCH3 is 1. The minimum Gasteiger partial charge on any atom is -0.497 e. The van der Waals surface area contributed by atoms with Gasteiger partial charge in [0, 0.05) is 6.04 Å². The number of ether oxygens (including phenoxy) is 1. The smallest absolute Gasteiger partial charge is 0.416 e. The van der Waals surface area contributed by atoms with Crippen molar-refractivity contribution in [3.05, 3.63) is 29.3 Å². The van der Waals surface area contributed by atoms with Crippen LogP contribution in [0.1, 0.15) is 49.8 Å². The molecule has 1 aromatic rings. The van der Waals surface area contributed by atoms with Crippen LogP contribution >= 0.6 is 0 Å². The molecule has 0 fully saturated rings. The monoisotopic (exact) mass is 275 g/mol. The lowest BCUT2D eigenvalue weighted by Crippen LogP contribution is -2.13. The molecule has 1 aromatic carbocycles. The predicted octanol–water partition coefficient (Wildman–Crippen LogP) is 4.29. The summed E-state index contributed by atoms with van der Waals surface area (Å²) in [4.78, 5) is 0. The van der Waals surface area contributed by atoms with Gasteiger partial charge in [-0.1, -0.05) is 26.2 Å². The molecule has 2 nitrogen and oxygen atoms in total. The van der Waals surface area contributed by atoms with E-state index in [0.717, 1.165) is 31.4 Å². The summed E-state index contributed by atoms with van der Waals surface area (Å²) in [6.07, 6.45) is -0.705. The SMILES string of the molecule is CCCCC[C@H](N)c1cc(OC)cc(C(F)(F)F)c1. The van der Waals surface area contributed by atoms with Gasteiger partial charge in [0.05, 0.1) is 12.7 Å². The molecule has 5 heteroatoms. The van der Waals surface area contributed by atoms with Crippen molar-refractivity contribution in [1.29, 1.82) is 0 Å².